The predicted molar refractivity (Wildman–Crippen MR) is 88.4 cm³/mol. The Morgan fingerprint density at radius 3 is 2.48 bits per heavy atom. The van der Waals surface area contributed by atoms with Gasteiger partial charge in [0.2, 0.25) is 0 Å². The van der Waals surface area contributed by atoms with Crippen molar-refractivity contribution in [3.8, 4) is 11.5 Å². The van der Waals surface area contributed by atoms with E-state index in [0.29, 0.717) is 0 Å². The van der Waals surface area contributed by atoms with Crippen LogP contribution in [0.2, 0.25) is 0 Å². The van der Waals surface area contributed by atoms with Gasteiger partial charge in [-0.2, -0.15) is 5.10 Å². The molecule has 1 fully saturated rings. The quantitative estimate of drug-likeness (QED) is 0.843. The monoisotopic (exact) mass is 311 g/mol. The maximum atomic E-state index is 11.1. The summed E-state index contributed by atoms with van der Waals surface area (Å²) in [6.45, 7) is 3.75. The number of hydrogen-bond acceptors (Lipinski definition) is 4. The van der Waals surface area contributed by atoms with Gasteiger partial charge in [-0.25, -0.2) is 0 Å². The minimum absolute atomic E-state index is 0.0242. The van der Waals surface area contributed by atoms with Gasteiger partial charge in [0, 0.05) is 6.07 Å². The lowest BCUT2D eigenvalue weighted by molar-refractivity contribution is -0.838. The van der Waals surface area contributed by atoms with Gasteiger partial charge in [0.15, 0.2) is 11.4 Å². The lowest BCUT2D eigenvalue weighted by Crippen LogP contribution is -3.10. The highest BCUT2D eigenvalue weighted by atomic mass is 16.5. The largest absolute Gasteiger partial charge is 0.872 e. The van der Waals surface area contributed by atoms with Gasteiger partial charge >= 0.3 is 0 Å². The van der Waals surface area contributed by atoms with E-state index in [1.54, 1.807) is 31.4 Å². The summed E-state index contributed by atoms with van der Waals surface area (Å²) < 4.78 is 5.45. The first-order valence-electron chi connectivity index (χ1n) is 7.80. The highest BCUT2D eigenvalue weighted by Crippen LogP contribution is 2.19. The molecular weight excluding hydrogens is 290 g/mol. The molecule has 0 aromatic heterocycles. The number of benzene rings is 2. The summed E-state index contributed by atoms with van der Waals surface area (Å²) in [6, 6.07) is 14.9. The number of nitrogens with one attached hydrogen (secondary N) is 1. The zero-order chi connectivity index (χ0) is 16.1. The van der Waals surface area contributed by atoms with Gasteiger partial charge in [0.25, 0.3) is 0 Å². The van der Waals surface area contributed by atoms with Crippen LogP contribution in [0.3, 0.4) is 0 Å². The van der Waals surface area contributed by atoms with Crippen LogP contribution in [0.5, 0.6) is 11.5 Å². The van der Waals surface area contributed by atoms with E-state index in [0.717, 1.165) is 37.5 Å². The van der Waals surface area contributed by atoms with Crippen molar-refractivity contribution in [2.24, 2.45) is 5.10 Å². The molecule has 120 valence electrons. The number of methoxy groups -OCH3 is 1. The standard InChI is InChI=1S/C18H21N3O2/c1-23-18-5-3-2-4-17(18)20-10-12-21(13-11-20)19-14-15-6-8-16(22)9-7-15/h2-9,14,22H,10-13H2,1H3/b19-14+. The van der Waals surface area contributed by atoms with Crippen LogP contribution in [-0.2, 0) is 0 Å². The minimum atomic E-state index is 0.0242. The maximum absolute atomic E-state index is 11.1. The normalized spacial score (nSPS) is 16.0. The average Bonchev–Trinajstić information content (AvgIpc) is 2.62. The Kier molecular flexibility index (Phi) is 4.78. The highest BCUT2D eigenvalue weighted by Gasteiger charge is 2.23. The molecule has 0 aliphatic carbocycles. The van der Waals surface area contributed by atoms with E-state index < -0.39 is 0 Å². The molecule has 3 rings (SSSR count). The van der Waals surface area contributed by atoms with Gasteiger partial charge in [-0.05, 0) is 11.6 Å². The smallest absolute Gasteiger partial charge is 0.179 e. The summed E-state index contributed by atoms with van der Waals surface area (Å²) in [4.78, 5) is 1.42. The van der Waals surface area contributed by atoms with Crippen LogP contribution in [-0.4, -0.2) is 44.5 Å². The van der Waals surface area contributed by atoms with Gasteiger partial charge in [-0.1, -0.05) is 36.4 Å². The van der Waals surface area contributed by atoms with Crippen molar-refractivity contribution in [3.63, 3.8) is 0 Å². The van der Waals surface area contributed by atoms with E-state index in [1.807, 2.05) is 18.3 Å². The van der Waals surface area contributed by atoms with Crippen molar-refractivity contribution in [2.45, 2.75) is 0 Å². The van der Waals surface area contributed by atoms with Crippen molar-refractivity contribution in [2.75, 3.05) is 33.3 Å². The topological polar surface area (TPSA) is 52.3 Å². The van der Waals surface area contributed by atoms with Crippen molar-refractivity contribution < 1.29 is 14.7 Å². The number of hydrogen-bond donors (Lipinski definition) is 1. The molecule has 0 unspecified atom stereocenters. The first-order valence-corrected chi connectivity index (χ1v) is 7.80. The molecule has 1 saturated heterocycles. The zero-order valence-corrected chi connectivity index (χ0v) is 13.2. The van der Waals surface area contributed by atoms with E-state index in [-0.39, 0.29) is 5.75 Å². The van der Waals surface area contributed by atoms with E-state index in [4.69, 9.17) is 4.74 Å². The maximum Gasteiger partial charge on any atom is 0.179 e. The van der Waals surface area contributed by atoms with Crippen molar-refractivity contribution in [1.29, 1.82) is 0 Å². The Hall–Kier alpha value is -2.53. The molecule has 5 heteroatoms. The Bertz CT molecular complexity index is 662. The third-order valence-corrected chi connectivity index (χ3v) is 4.08. The highest BCUT2D eigenvalue weighted by molar-refractivity contribution is 5.79. The van der Waals surface area contributed by atoms with Crippen LogP contribution in [0, 0.1) is 0 Å². The fourth-order valence-corrected chi connectivity index (χ4v) is 2.79. The average molecular weight is 311 g/mol. The molecule has 0 atom stereocenters. The van der Waals surface area contributed by atoms with Gasteiger partial charge in [0.05, 0.1) is 26.4 Å². The van der Waals surface area contributed by atoms with Crippen LogP contribution in [0.1, 0.15) is 5.56 Å². The molecule has 1 aliphatic rings. The lowest BCUT2D eigenvalue weighted by Gasteiger charge is -2.30. The van der Waals surface area contributed by atoms with Crippen LogP contribution < -0.4 is 14.7 Å². The molecule has 1 aliphatic heterocycles. The van der Waals surface area contributed by atoms with Gasteiger partial charge in [0.1, 0.15) is 13.1 Å². The predicted octanol–water partition coefficient (Wildman–Crippen LogP) is 0.635. The van der Waals surface area contributed by atoms with Crippen molar-refractivity contribution >= 4 is 11.9 Å². The van der Waals surface area contributed by atoms with Gasteiger partial charge in [-0.15, -0.1) is 5.75 Å². The molecule has 0 radical (unpaired) electrons. The number of rotatable bonds is 4. The lowest BCUT2D eigenvalue weighted by atomic mass is 10.2. The van der Waals surface area contributed by atoms with E-state index in [1.165, 1.54) is 10.6 Å². The Labute approximate surface area is 136 Å². The third kappa shape index (κ3) is 3.81. The van der Waals surface area contributed by atoms with E-state index in [2.05, 4.69) is 22.2 Å². The van der Waals surface area contributed by atoms with Crippen LogP contribution in [0.4, 0.5) is 5.69 Å². The molecule has 2 aromatic rings. The second-order valence-corrected chi connectivity index (χ2v) is 5.57. The van der Waals surface area contributed by atoms with Crippen LogP contribution in [0.15, 0.2) is 53.6 Å². The summed E-state index contributed by atoms with van der Waals surface area (Å²) in [5.74, 6) is 0.966. The first-order chi connectivity index (χ1) is 11.3. The number of piperazine rings is 1. The van der Waals surface area contributed by atoms with Gasteiger partial charge < -0.3 is 9.84 Å². The fraction of sp³-hybridized carbons (Fsp3) is 0.278. The number of nitrogens with zero attached hydrogens (tertiary/aromatic N) is 2. The Morgan fingerprint density at radius 1 is 1.09 bits per heavy atom. The molecule has 0 amide bonds. The molecule has 2 aromatic carbocycles. The summed E-state index contributed by atoms with van der Waals surface area (Å²) in [5.41, 5.74) is 2.16. The van der Waals surface area contributed by atoms with Crippen LogP contribution in [0.25, 0.3) is 0 Å². The molecule has 1 N–H and O–H groups in total. The SMILES string of the molecule is COc1ccccc1[NH+]1CCN(/N=C/c2ccc([O-])cc2)CC1. The number of para-hydroxylation sites is 2. The summed E-state index contributed by atoms with van der Waals surface area (Å²) in [5, 5.41) is 17.7. The zero-order valence-electron chi connectivity index (χ0n) is 13.2. The molecule has 5 nitrogen and oxygen atoms in total. The molecule has 23 heavy (non-hydrogen) atoms. The number of ether oxygens (including phenoxy) is 1. The first kappa shape index (κ1) is 15.4. The van der Waals surface area contributed by atoms with Gasteiger partial charge in [-0.3, -0.25) is 9.91 Å². The second kappa shape index (κ2) is 7.15. The van der Waals surface area contributed by atoms with Crippen molar-refractivity contribution in [1.82, 2.24) is 5.01 Å². The molecular formula is C18H21N3O2. The molecule has 0 bridgehead atoms. The third-order valence-electron chi connectivity index (χ3n) is 4.08. The summed E-state index contributed by atoms with van der Waals surface area (Å²) >= 11 is 0. The molecule has 0 spiro atoms. The molecule has 1 heterocycles. The fourth-order valence-electron chi connectivity index (χ4n) is 2.79. The molecule has 0 saturated carbocycles. The summed E-state index contributed by atoms with van der Waals surface area (Å²) in [6.07, 6.45) is 1.81. The number of quaternary nitrogens is 1. The summed E-state index contributed by atoms with van der Waals surface area (Å²) in [7, 11) is 1.71. The Balaban J connectivity index is 1.59. The van der Waals surface area contributed by atoms with Crippen molar-refractivity contribution in [3.05, 3.63) is 54.1 Å². The van der Waals surface area contributed by atoms with Crippen LogP contribution >= 0.6 is 0 Å². The number of hydrazone groups is 1. The minimum Gasteiger partial charge on any atom is -0.872 e. The second-order valence-electron chi connectivity index (χ2n) is 5.57. The van der Waals surface area contributed by atoms with E-state index in [9.17, 15) is 5.11 Å². The van der Waals surface area contributed by atoms with E-state index >= 15 is 0 Å². The Morgan fingerprint density at radius 2 is 1.78 bits per heavy atom.